The van der Waals surface area contributed by atoms with Crippen LogP contribution < -0.4 is 5.73 Å². The topological polar surface area (TPSA) is 26.0 Å². The SMILES string of the molecule is CCCC[C@H](N)c1ccc(Cl)cc1Cl. The molecule has 0 aliphatic carbocycles. The van der Waals surface area contributed by atoms with E-state index in [0.29, 0.717) is 10.0 Å². The summed E-state index contributed by atoms with van der Waals surface area (Å²) >= 11 is 11.8. The van der Waals surface area contributed by atoms with Crippen molar-refractivity contribution in [1.29, 1.82) is 0 Å². The summed E-state index contributed by atoms with van der Waals surface area (Å²) in [5.74, 6) is 0. The van der Waals surface area contributed by atoms with Gasteiger partial charge in [0.15, 0.2) is 0 Å². The fourth-order valence-corrected chi connectivity index (χ4v) is 1.93. The highest BCUT2D eigenvalue weighted by Gasteiger charge is 2.09. The van der Waals surface area contributed by atoms with Gasteiger partial charge in [0.05, 0.1) is 0 Å². The Kier molecular flexibility index (Phi) is 4.73. The molecule has 1 atom stereocenters. The zero-order valence-electron chi connectivity index (χ0n) is 8.26. The average molecular weight is 232 g/mol. The van der Waals surface area contributed by atoms with Gasteiger partial charge in [-0.2, -0.15) is 0 Å². The van der Waals surface area contributed by atoms with E-state index >= 15 is 0 Å². The lowest BCUT2D eigenvalue weighted by atomic mass is 10.0. The van der Waals surface area contributed by atoms with Crippen molar-refractivity contribution in [3.63, 3.8) is 0 Å². The van der Waals surface area contributed by atoms with Gasteiger partial charge in [-0.15, -0.1) is 0 Å². The highest BCUT2D eigenvalue weighted by atomic mass is 35.5. The van der Waals surface area contributed by atoms with Crippen molar-refractivity contribution in [2.24, 2.45) is 5.73 Å². The Hall–Kier alpha value is -0.240. The van der Waals surface area contributed by atoms with Crippen LogP contribution in [-0.2, 0) is 0 Å². The van der Waals surface area contributed by atoms with E-state index in [0.717, 1.165) is 24.8 Å². The number of unbranched alkanes of at least 4 members (excludes halogenated alkanes) is 1. The van der Waals surface area contributed by atoms with Gasteiger partial charge in [0, 0.05) is 16.1 Å². The highest BCUT2D eigenvalue weighted by Crippen LogP contribution is 2.27. The van der Waals surface area contributed by atoms with Crippen LogP contribution in [0.15, 0.2) is 18.2 Å². The molecule has 78 valence electrons. The molecular weight excluding hydrogens is 217 g/mol. The van der Waals surface area contributed by atoms with Gasteiger partial charge < -0.3 is 5.73 Å². The Bertz CT molecular complexity index is 299. The van der Waals surface area contributed by atoms with E-state index in [9.17, 15) is 0 Å². The summed E-state index contributed by atoms with van der Waals surface area (Å²) in [5.41, 5.74) is 6.99. The Morgan fingerprint density at radius 1 is 1.36 bits per heavy atom. The second-order valence-electron chi connectivity index (χ2n) is 3.41. The molecule has 3 heteroatoms. The van der Waals surface area contributed by atoms with E-state index < -0.39 is 0 Å². The lowest BCUT2D eigenvalue weighted by Crippen LogP contribution is -2.10. The van der Waals surface area contributed by atoms with Crippen molar-refractivity contribution in [2.45, 2.75) is 32.2 Å². The summed E-state index contributed by atoms with van der Waals surface area (Å²) in [6, 6.07) is 5.50. The van der Waals surface area contributed by atoms with Crippen LogP contribution in [-0.4, -0.2) is 0 Å². The molecule has 0 aliphatic heterocycles. The van der Waals surface area contributed by atoms with E-state index in [1.807, 2.05) is 12.1 Å². The van der Waals surface area contributed by atoms with Gasteiger partial charge in [-0.25, -0.2) is 0 Å². The predicted molar refractivity (Wildman–Crippen MR) is 62.9 cm³/mol. The van der Waals surface area contributed by atoms with Crippen molar-refractivity contribution in [3.8, 4) is 0 Å². The van der Waals surface area contributed by atoms with Crippen LogP contribution >= 0.6 is 23.2 Å². The zero-order chi connectivity index (χ0) is 10.6. The van der Waals surface area contributed by atoms with Crippen LogP contribution in [0.3, 0.4) is 0 Å². The lowest BCUT2D eigenvalue weighted by molar-refractivity contribution is 0.603. The summed E-state index contributed by atoms with van der Waals surface area (Å²) in [4.78, 5) is 0. The summed E-state index contributed by atoms with van der Waals surface area (Å²) in [6.07, 6.45) is 3.25. The van der Waals surface area contributed by atoms with E-state index in [2.05, 4.69) is 6.92 Å². The molecule has 0 radical (unpaired) electrons. The van der Waals surface area contributed by atoms with Gasteiger partial charge in [0.1, 0.15) is 0 Å². The number of benzene rings is 1. The van der Waals surface area contributed by atoms with Crippen molar-refractivity contribution in [2.75, 3.05) is 0 Å². The molecule has 0 bridgehead atoms. The Labute approximate surface area is 95.2 Å². The third kappa shape index (κ3) is 3.16. The highest BCUT2D eigenvalue weighted by molar-refractivity contribution is 6.35. The second kappa shape index (κ2) is 5.59. The van der Waals surface area contributed by atoms with Gasteiger partial charge >= 0.3 is 0 Å². The standard InChI is InChI=1S/C11H15Cl2N/c1-2-3-4-11(14)9-6-5-8(12)7-10(9)13/h5-7,11H,2-4,14H2,1H3/t11-/m0/s1. The second-order valence-corrected chi connectivity index (χ2v) is 4.26. The first-order valence-electron chi connectivity index (χ1n) is 4.85. The van der Waals surface area contributed by atoms with Crippen LogP contribution in [0.4, 0.5) is 0 Å². The lowest BCUT2D eigenvalue weighted by Gasteiger charge is -2.13. The van der Waals surface area contributed by atoms with Crippen molar-refractivity contribution in [1.82, 2.24) is 0 Å². The smallest absolute Gasteiger partial charge is 0.0468 e. The first-order valence-corrected chi connectivity index (χ1v) is 5.61. The number of nitrogens with two attached hydrogens (primary N) is 1. The molecule has 0 saturated carbocycles. The molecule has 1 aromatic rings. The molecule has 1 rings (SSSR count). The molecule has 0 heterocycles. The summed E-state index contributed by atoms with van der Waals surface area (Å²) < 4.78 is 0. The maximum absolute atomic E-state index is 6.04. The summed E-state index contributed by atoms with van der Waals surface area (Å²) in [7, 11) is 0. The molecule has 1 nitrogen and oxygen atoms in total. The average Bonchev–Trinajstić information content (AvgIpc) is 2.14. The fourth-order valence-electron chi connectivity index (χ4n) is 1.38. The van der Waals surface area contributed by atoms with Gasteiger partial charge in [-0.05, 0) is 24.1 Å². The molecule has 0 aromatic heterocycles. The van der Waals surface area contributed by atoms with E-state index in [4.69, 9.17) is 28.9 Å². The van der Waals surface area contributed by atoms with Crippen molar-refractivity contribution in [3.05, 3.63) is 33.8 Å². The zero-order valence-corrected chi connectivity index (χ0v) is 9.78. The number of hydrogen-bond acceptors (Lipinski definition) is 1. The number of halogens is 2. The fraction of sp³-hybridized carbons (Fsp3) is 0.455. The largest absolute Gasteiger partial charge is 0.324 e. The molecular formula is C11H15Cl2N. The van der Waals surface area contributed by atoms with Crippen molar-refractivity contribution < 1.29 is 0 Å². The molecule has 0 saturated heterocycles. The van der Waals surface area contributed by atoms with Crippen LogP contribution in [0.25, 0.3) is 0 Å². The minimum absolute atomic E-state index is 0.0275. The quantitative estimate of drug-likeness (QED) is 0.827. The third-order valence-corrected chi connectivity index (χ3v) is 2.79. The van der Waals surface area contributed by atoms with Crippen LogP contribution in [0.5, 0.6) is 0 Å². The van der Waals surface area contributed by atoms with E-state index in [1.165, 1.54) is 0 Å². The molecule has 14 heavy (non-hydrogen) atoms. The van der Waals surface area contributed by atoms with Crippen LogP contribution in [0.1, 0.15) is 37.8 Å². The van der Waals surface area contributed by atoms with Crippen LogP contribution in [0.2, 0.25) is 10.0 Å². The Balaban J connectivity index is 2.74. The van der Waals surface area contributed by atoms with Crippen LogP contribution in [0, 0.1) is 0 Å². The summed E-state index contributed by atoms with van der Waals surface area (Å²) in [5, 5.41) is 1.32. The monoisotopic (exact) mass is 231 g/mol. The Morgan fingerprint density at radius 3 is 2.64 bits per heavy atom. The molecule has 0 spiro atoms. The van der Waals surface area contributed by atoms with Gasteiger partial charge in [0.25, 0.3) is 0 Å². The van der Waals surface area contributed by atoms with Gasteiger partial charge in [-0.3, -0.25) is 0 Å². The molecule has 0 amide bonds. The Morgan fingerprint density at radius 2 is 2.07 bits per heavy atom. The maximum atomic E-state index is 6.04. The normalized spacial score (nSPS) is 12.9. The van der Waals surface area contributed by atoms with Crippen molar-refractivity contribution >= 4 is 23.2 Å². The molecule has 0 fully saturated rings. The third-order valence-electron chi connectivity index (χ3n) is 2.23. The molecule has 0 unspecified atom stereocenters. The number of rotatable bonds is 4. The number of hydrogen-bond donors (Lipinski definition) is 1. The van der Waals surface area contributed by atoms with Gasteiger partial charge in [-0.1, -0.05) is 49.0 Å². The van der Waals surface area contributed by atoms with E-state index in [1.54, 1.807) is 6.07 Å². The van der Waals surface area contributed by atoms with E-state index in [-0.39, 0.29) is 6.04 Å². The molecule has 1 aromatic carbocycles. The summed E-state index contributed by atoms with van der Waals surface area (Å²) in [6.45, 7) is 2.15. The molecule has 2 N–H and O–H groups in total. The molecule has 0 aliphatic rings. The maximum Gasteiger partial charge on any atom is 0.0468 e. The minimum atomic E-state index is 0.0275. The first kappa shape index (κ1) is 11.8. The van der Waals surface area contributed by atoms with Gasteiger partial charge in [0.2, 0.25) is 0 Å². The first-order chi connectivity index (χ1) is 6.65. The predicted octanol–water partition coefficient (Wildman–Crippen LogP) is 4.18. The minimum Gasteiger partial charge on any atom is -0.324 e.